The molecular weight excluding hydrogens is 176 g/mol. The van der Waals surface area contributed by atoms with Gasteiger partial charge in [0.1, 0.15) is 5.78 Å². The van der Waals surface area contributed by atoms with Crippen LogP contribution in [0.1, 0.15) is 19.3 Å². The molecule has 0 amide bonds. The fourth-order valence-corrected chi connectivity index (χ4v) is 2.68. The van der Waals surface area contributed by atoms with E-state index in [1.807, 2.05) is 0 Å². The van der Waals surface area contributed by atoms with Gasteiger partial charge in [-0.2, -0.15) is 0 Å². The van der Waals surface area contributed by atoms with Crippen LogP contribution in [0, 0.1) is 5.92 Å². The molecule has 0 spiro atoms. The Morgan fingerprint density at radius 2 is 2.14 bits per heavy atom. The van der Waals surface area contributed by atoms with Gasteiger partial charge in [-0.05, 0) is 32.9 Å². The van der Waals surface area contributed by atoms with Crippen LogP contribution in [0.4, 0.5) is 0 Å². The number of Topliss-reactive ketones (excluding diaryl/α,β-unsaturated/α-hetero) is 1. The Balaban J connectivity index is 1.74. The second kappa shape index (κ2) is 3.99. The van der Waals surface area contributed by atoms with E-state index in [-0.39, 0.29) is 6.04 Å². The first-order valence-corrected chi connectivity index (χ1v) is 5.58. The van der Waals surface area contributed by atoms with Gasteiger partial charge in [-0.15, -0.1) is 0 Å². The van der Waals surface area contributed by atoms with Gasteiger partial charge in [0, 0.05) is 26.1 Å². The fraction of sp³-hybridized carbons (Fsp3) is 0.909. The third-order valence-corrected chi connectivity index (χ3v) is 3.32. The maximum Gasteiger partial charge on any atom is 0.149 e. The first-order chi connectivity index (χ1) is 6.66. The van der Waals surface area contributed by atoms with Gasteiger partial charge >= 0.3 is 0 Å². The summed E-state index contributed by atoms with van der Waals surface area (Å²) in [5, 5.41) is 0. The number of hydrogen-bond acceptors (Lipinski definition) is 3. The van der Waals surface area contributed by atoms with E-state index in [0.717, 1.165) is 44.8 Å². The van der Waals surface area contributed by atoms with Crippen LogP contribution in [0.3, 0.4) is 0 Å². The first-order valence-electron chi connectivity index (χ1n) is 5.58. The van der Waals surface area contributed by atoms with Crippen LogP contribution in [0.15, 0.2) is 0 Å². The molecule has 0 aromatic carbocycles. The van der Waals surface area contributed by atoms with Crippen molar-refractivity contribution < 1.29 is 4.79 Å². The summed E-state index contributed by atoms with van der Waals surface area (Å²) in [6.45, 7) is 3.43. The maximum absolute atomic E-state index is 11.5. The van der Waals surface area contributed by atoms with Crippen LogP contribution < -0.4 is 0 Å². The van der Waals surface area contributed by atoms with Crippen LogP contribution in [-0.4, -0.2) is 55.4 Å². The molecule has 1 heterocycles. The number of carbonyl (C=O) groups excluding carboxylic acids is 1. The number of ketones is 1. The van der Waals surface area contributed by atoms with Crippen molar-refractivity contribution in [2.75, 3.05) is 33.7 Å². The minimum absolute atomic E-state index is 0.286. The molecule has 2 fully saturated rings. The SMILES string of the molecule is CN(C)CC1CN(C2CCCC2=O)C1. The van der Waals surface area contributed by atoms with Crippen molar-refractivity contribution in [2.24, 2.45) is 5.92 Å². The maximum atomic E-state index is 11.5. The van der Waals surface area contributed by atoms with Crippen LogP contribution in [0.2, 0.25) is 0 Å². The second-order valence-corrected chi connectivity index (χ2v) is 4.96. The Morgan fingerprint density at radius 1 is 1.43 bits per heavy atom. The minimum atomic E-state index is 0.286. The summed E-state index contributed by atoms with van der Waals surface area (Å²) in [6, 6.07) is 0.286. The van der Waals surface area contributed by atoms with Gasteiger partial charge in [0.05, 0.1) is 6.04 Å². The summed E-state index contributed by atoms with van der Waals surface area (Å²) >= 11 is 0. The number of carbonyl (C=O) groups is 1. The zero-order valence-electron chi connectivity index (χ0n) is 9.20. The summed E-state index contributed by atoms with van der Waals surface area (Å²) in [5.41, 5.74) is 0. The fourth-order valence-electron chi connectivity index (χ4n) is 2.68. The van der Waals surface area contributed by atoms with Crippen LogP contribution in [0.25, 0.3) is 0 Å². The van der Waals surface area contributed by atoms with E-state index in [2.05, 4.69) is 23.9 Å². The highest BCUT2D eigenvalue weighted by Crippen LogP contribution is 2.27. The van der Waals surface area contributed by atoms with E-state index < -0.39 is 0 Å². The van der Waals surface area contributed by atoms with E-state index in [1.54, 1.807) is 0 Å². The van der Waals surface area contributed by atoms with Crippen LogP contribution >= 0.6 is 0 Å². The molecule has 0 aromatic rings. The smallest absolute Gasteiger partial charge is 0.149 e. The summed E-state index contributed by atoms with van der Waals surface area (Å²) in [5.74, 6) is 1.27. The molecule has 1 saturated heterocycles. The topological polar surface area (TPSA) is 23.6 Å². The van der Waals surface area contributed by atoms with E-state index in [4.69, 9.17) is 0 Å². The first kappa shape index (κ1) is 10.1. The monoisotopic (exact) mass is 196 g/mol. The highest BCUT2D eigenvalue weighted by molar-refractivity contribution is 5.86. The lowest BCUT2D eigenvalue weighted by Gasteiger charge is -2.43. The van der Waals surface area contributed by atoms with Gasteiger partial charge in [0.15, 0.2) is 0 Å². The normalized spacial score (nSPS) is 29.9. The van der Waals surface area contributed by atoms with Gasteiger partial charge in [-0.3, -0.25) is 9.69 Å². The zero-order valence-corrected chi connectivity index (χ0v) is 9.20. The van der Waals surface area contributed by atoms with Gasteiger partial charge in [-0.1, -0.05) is 0 Å². The standard InChI is InChI=1S/C11H20N2O/c1-12(2)6-9-7-13(8-9)10-4-3-5-11(10)14/h9-10H,3-8H2,1-2H3. The molecular formula is C11H20N2O. The summed E-state index contributed by atoms with van der Waals surface area (Å²) in [7, 11) is 4.23. The molecule has 80 valence electrons. The number of rotatable bonds is 3. The van der Waals surface area contributed by atoms with E-state index >= 15 is 0 Å². The molecule has 14 heavy (non-hydrogen) atoms. The quantitative estimate of drug-likeness (QED) is 0.660. The Kier molecular flexibility index (Phi) is 2.88. The number of likely N-dealkylation sites (tertiary alicyclic amines) is 1. The molecule has 0 aromatic heterocycles. The Labute approximate surface area is 86.1 Å². The van der Waals surface area contributed by atoms with Crippen molar-refractivity contribution in [1.29, 1.82) is 0 Å². The molecule has 2 rings (SSSR count). The summed E-state index contributed by atoms with van der Waals surface area (Å²) in [6.07, 6.45) is 3.03. The lowest BCUT2D eigenvalue weighted by molar-refractivity contribution is -0.124. The summed E-state index contributed by atoms with van der Waals surface area (Å²) in [4.78, 5) is 16.1. The van der Waals surface area contributed by atoms with Crippen molar-refractivity contribution in [2.45, 2.75) is 25.3 Å². The highest BCUT2D eigenvalue weighted by atomic mass is 16.1. The van der Waals surface area contributed by atoms with Crippen molar-refractivity contribution >= 4 is 5.78 Å². The van der Waals surface area contributed by atoms with E-state index in [0.29, 0.717) is 5.78 Å². The lowest BCUT2D eigenvalue weighted by atomic mass is 9.96. The molecule has 2 aliphatic rings. The Hall–Kier alpha value is -0.410. The van der Waals surface area contributed by atoms with Gasteiger partial charge in [0.2, 0.25) is 0 Å². The molecule has 3 heteroatoms. The molecule has 1 aliphatic heterocycles. The largest absolute Gasteiger partial charge is 0.309 e. The molecule has 1 saturated carbocycles. The number of nitrogens with zero attached hydrogens (tertiary/aromatic N) is 2. The van der Waals surface area contributed by atoms with E-state index in [1.165, 1.54) is 0 Å². The van der Waals surface area contributed by atoms with Crippen molar-refractivity contribution in [3.63, 3.8) is 0 Å². The lowest BCUT2D eigenvalue weighted by Crippen LogP contribution is -2.55. The van der Waals surface area contributed by atoms with Gasteiger partial charge in [0.25, 0.3) is 0 Å². The minimum Gasteiger partial charge on any atom is -0.309 e. The Bertz CT molecular complexity index is 221. The average molecular weight is 196 g/mol. The van der Waals surface area contributed by atoms with Gasteiger partial charge in [-0.25, -0.2) is 0 Å². The Morgan fingerprint density at radius 3 is 2.64 bits per heavy atom. The van der Waals surface area contributed by atoms with Crippen molar-refractivity contribution in [1.82, 2.24) is 9.80 Å². The molecule has 1 unspecified atom stereocenters. The molecule has 0 radical (unpaired) electrons. The summed E-state index contributed by atoms with van der Waals surface area (Å²) < 4.78 is 0. The van der Waals surface area contributed by atoms with Crippen LogP contribution in [-0.2, 0) is 4.79 Å². The van der Waals surface area contributed by atoms with Crippen molar-refractivity contribution in [3.05, 3.63) is 0 Å². The molecule has 3 nitrogen and oxygen atoms in total. The zero-order chi connectivity index (χ0) is 10.1. The van der Waals surface area contributed by atoms with E-state index in [9.17, 15) is 4.79 Å². The van der Waals surface area contributed by atoms with Crippen molar-refractivity contribution in [3.8, 4) is 0 Å². The average Bonchev–Trinajstić information content (AvgIpc) is 2.42. The molecule has 1 atom stereocenters. The number of hydrogen-bond donors (Lipinski definition) is 0. The third kappa shape index (κ3) is 1.98. The third-order valence-electron chi connectivity index (χ3n) is 3.32. The molecule has 0 bridgehead atoms. The van der Waals surface area contributed by atoms with Gasteiger partial charge < -0.3 is 4.90 Å². The predicted molar refractivity (Wildman–Crippen MR) is 56.3 cm³/mol. The second-order valence-electron chi connectivity index (χ2n) is 4.96. The van der Waals surface area contributed by atoms with Crippen LogP contribution in [0.5, 0.6) is 0 Å². The predicted octanol–water partition coefficient (Wildman–Crippen LogP) is 0.601. The molecule has 0 N–H and O–H groups in total. The molecule has 1 aliphatic carbocycles. The highest BCUT2D eigenvalue weighted by Gasteiger charge is 2.37.